The van der Waals surface area contributed by atoms with Crippen molar-refractivity contribution in [2.24, 2.45) is 0 Å². The molecule has 4 rings (SSSR count). The van der Waals surface area contributed by atoms with Gasteiger partial charge >= 0.3 is 0 Å². The number of nitrogens with zero attached hydrogens (tertiary/aromatic N) is 3. The molecule has 2 aromatic heterocycles. The lowest BCUT2D eigenvalue weighted by Crippen LogP contribution is -1.95. The topological polar surface area (TPSA) is 38.7 Å². The van der Waals surface area contributed by atoms with Crippen LogP contribution in [0.25, 0.3) is 22.4 Å². The molecule has 1 aliphatic rings. The zero-order valence-electron chi connectivity index (χ0n) is 10.8. The molecule has 98 valence electrons. The van der Waals surface area contributed by atoms with Gasteiger partial charge in [-0.15, -0.1) is 0 Å². The van der Waals surface area contributed by atoms with Gasteiger partial charge in [-0.3, -0.25) is 4.98 Å². The van der Waals surface area contributed by atoms with Crippen LogP contribution >= 0.6 is 11.6 Å². The molecule has 0 amide bonds. The van der Waals surface area contributed by atoms with Crippen molar-refractivity contribution in [3.63, 3.8) is 0 Å². The first-order chi connectivity index (χ1) is 9.81. The highest BCUT2D eigenvalue weighted by atomic mass is 35.5. The number of aromatic nitrogens is 3. The second kappa shape index (κ2) is 4.53. The molecule has 0 spiro atoms. The number of hydrogen-bond acceptors (Lipinski definition) is 3. The fourth-order valence-electron chi connectivity index (χ4n) is 2.77. The highest BCUT2D eigenvalue weighted by Gasteiger charge is 2.15. The average Bonchev–Trinajstić information content (AvgIpc) is 2.92. The van der Waals surface area contributed by atoms with E-state index in [1.54, 1.807) is 6.20 Å². The van der Waals surface area contributed by atoms with Crippen molar-refractivity contribution in [1.82, 2.24) is 15.0 Å². The van der Waals surface area contributed by atoms with Crippen LogP contribution in [0, 0.1) is 0 Å². The lowest BCUT2D eigenvalue weighted by atomic mass is 10.1. The number of hydrogen-bond donors (Lipinski definition) is 0. The molecule has 3 aromatic rings. The normalized spacial score (nSPS) is 13.7. The van der Waals surface area contributed by atoms with Crippen LogP contribution in [0.5, 0.6) is 0 Å². The standard InChI is InChI=1S/C16H12ClN3/c17-16-15(12-6-1-2-7-18-12)19-13-8-10-4-3-5-11(10)9-14(13)20-16/h1-2,6-9H,3-5H2. The number of benzene rings is 1. The number of pyridine rings is 1. The molecule has 0 fully saturated rings. The highest BCUT2D eigenvalue weighted by molar-refractivity contribution is 6.32. The summed E-state index contributed by atoms with van der Waals surface area (Å²) in [7, 11) is 0. The van der Waals surface area contributed by atoms with Crippen molar-refractivity contribution in [3.05, 3.63) is 52.8 Å². The summed E-state index contributed by atoms with van der Waals surface area (Å²) in [4.78, 5) is 13.5. The summed E-state index contributed by atoms with van der Waals surface area (Å²) in [5, 5.41) is 0.411. The minimum Gasteiger partial charge on any atom is -0.255 e. The maximum Gasteiger partial charge on any atom is 0.157 e. The van der Waals surface area contributed by atoms with E-state index in [4.69, 9.17) is 11.6 Å². The van der Waals surface area contributed by atoms with Crippen LogP contribution in [0.4, 0.5) is 0 Å². The lowest BCUT2D eigenvalue weighted by Gasteiger charge is -2.06. The van der Waals surface area contributed by atoms with E-state index in [0.717, 1.165) is 29.6 Å². The van der Waals surface area contributed by atoms with Crippen LogP contribution in [-0.2, 0) is 12.8 Å². The summed E-state index contributed by atoms with van der Waals surface area (Å²) in [6.07, 6.45) is 5.22. The molecule has 0 bridgehead atoms. The summed E-state index contributed by atoms with van der Waals surface area (Å²) in [6, 6.07) is 9.97. The first-order valence-corrected chi connectivity index (χ1v) is 7.09. The SMILES string of the molecule is Clc1nc2cc3c(cc2nc1-c1ccccn1)CCC3. The summed E-state index contributed by atoms with van der Waals surface area (Å²) in [5.41, 5.74) is 5.95. The van der Waals surface area contributed by atoms with Gasteiger partial charge in [0.2, 0.25) is 0 Å². The first-order valence-electron chi connectivity index (χ1n) is 6.72. The minimum atomic E-state index is 0.411. The Hall–Kier alpha value is -2.00. The van der Waals surface area contributed by atoms with E-state index < -0.39 is 0 Å². The first kappa shape index (κ1) is 11.8. The smallest absolute Gasteiger partial charge is 0.157 e. The Morgan fingerprint density at radius 2 is 1.70 bits per heavy atom. The monoisotopic (exact) mass is 281 g/mol. The van der Waals surface area contributed by atoms with Crippen LogP contribution in [0.1, 0.15) is 17.5 Å². The van der Waals surface area contributed by atoms with E-state index in [2.05, 4.69) is 27.1 Å². The summed E-state index contributed by atoms with van der Waals surface area (Å²) in [5.74, 6) is 0. The molecule has 0 unspecified atom stereocenters. The second-order valence-electron chi connectivity index (χ2n) is 5.04. The largest absolute Gasteiger partial charge is 0.255 e. The van der Waals surface area contributed by atoms with Gasteiger partial charge in [-0.05, 0) is 54.7 Å². The van der Waals surface area contributed by atoms with Crippen LogP contribution in [0.2, 0.25) is 5.15 Å². The quantitative estimate of drug-likeness (QED) is 0.680. The van der Waals surface area contributed by atoms with Crippen LogP contribution in [-0.4, -0.2) is 15.0 Å². The summed E-state index contributed by atoms with van der Waals surface area (Å²) in [6.45, 7) is 0. The van der Waals surface area contributed by atoms with E-state index in [1.165, 1.54) is 17.5 Å². The molecule has 0 N–H and O–H groups in total. The zero-order valence-corrected chi connectivity index (χ0v) is 11.6. The molecule has 2 heterocycles. The van der Waals surface area contributed by atoms with Gasteiger partial charge < -0.3 is 0 Å². The van der Waals surface area contributed by atoms with Gasteiger partial charge in [0, 0.05) is 6.20 Å². The predicted molar refractivity (Wildman–Crippen MR) is 79.8 cm³/mol. The number of fused-ring (bicyclic) bond motifs is 2. The van der Waals surface area contributed by atoms with Gasteiger partial charge in [-0.2, -0.15) is 0 Å². The van der Waals surface area contributed by atoms with Crippen molar-refractivity contribution < 1.29 is 0 Å². The van der Waals surface area contributed by atoms with Crippen molar-refractivity contribution in [2.75, 3.05) is 0 Å². The van der Waals surface area contributed by atoms with Gasteiger partial charge in [0.1, 0.15) is 5.69 Å². The van der Waals surface area contributed by atoms with Gasteiger partial charge in [-0.25, -0.2) is 9.97 Å². The Balaban J connectivity index is 1.95. The Kier molecular flexibility index (Phi) is 2.67. The van der Waals surface area contributed by atoms with Crippen molar-refractivity contribution in [3.8, 4) is 11.4 Å². The fraction of sp³-hybridized carbons (Fsp3) is 0.188. The van der Waals surface area contributed by atoms with Crippen molar-refractivity contribution >= 4 is 22.6 Å². The van der Waals surface area contributed by atoms with E-state index in [0.29, 0.717) is 10.8 Å². The van der Waals surface area contributed by atoms with Gasteiger partial charge in [0.15, 0.2) is 5.15 Å². The fourth-order valence-corrected chi connectivity index (χ4v) is 3.00. The van der Waals surface area contributed by atoms with Gasteiger partial charge in [-0.1, -0.05) is 17.7 Å². The second-order valence-corrected chi connectivity index (χ2v) is 5.40. The molecular formula is C16H12ClN3. The summed E-state index contributed by atoms with van der Waals surface area (Å²) < 4.78 is 0. The maximum atomic E-state index is 6.28. The molecule has 1 aliphatic carbocycles. The van der Waals surface area contributed by atoms with E-state index >= 15 is 0 Å². The molecule has 0 aliphatic heterocycles. The maximum absolute atomic E-state index is 6.28. The molecule has 1 aromatic carbocycles. The zero-order chi connectivity index (χ0) is 13.5. The molecule has 3 nitrogen and oxygen atoms in total. The van der Waals surface area contributed by atoms with Crippen molar-refractivity contribution in [2.45, 2.75) is 19.3 Å². The Labute approximate surface area is 121 Å². The predicted octanol–water partition coefficient (Wildman–Crippen LogP) is 3.83. The van der Waals surface area contributed by atoms with Gasteiger partial charge in [0.25, 0.3) is 0 Å². The molecule has 20 heavy (non-hydrogen) atoms. The Morgan fingerprint density at radius 3 is 2.40 bits per heavy atom. The number of aryl methyl sites for hydroxylation is 2. The van der Waals surface area contributed by atoms with E-state index in [9.17, 15) is 0 Å². The van der Waals surface area contributed by atoms with Crippen LogP contribution in [0.15, 0.2) is 36.5 Å². The Morgan fingerprint density at radius 1 is 0.950 bits per heavy atom. The minimum absolute atomic E-state index is 0.411. The molecule has 0 atom stereocenters. The average molecular weight is 282 g/mol. The van der Waals surface area contributed by atoms with E-state index in [-0.39, 0.29) is 0 Å². The highest BCUT2D eigenvalue weighted by Crippen LogP contribution is 2.29. The lowest BCUT2D eigenvalue weighted by molar-refractivity contribution is 0.912. The van der Waals surface area contributed by atoms with Crippen LogP contribution in [0.3, 0.4) is 0 Å². The van der Waals surface area contributed by atoms with Crippen molar-refractivity contribution in [1.29, 1.82) is 0 Å². The number of halogens is 1. The Bertz CT molecular complexity index is 800. The third-order valence-corrected chi connectivity index (χ3v) is 4.01. The molecule has 0 saturated carbocycles. The summed E-state index contributed by atoms with van der Waals surface area (Å²) >= 11 is 6.28. The number of rotatable bonds is 1. The van der Waals surface area contributed by atoms with E-state index in [1.807, 2.05) is 18.2 Å². The third-order valence-electron chi connectivity index (χ3n) is 3.74. The molecule has 0 saturated heterocycles. The molecule has 0 radical (unpaired) electrons. The van der Waals surface area contributed by atoms with Gasteiger partial charge in [0.05, 0.1) is 16.7 Å². The molecular weight excluding hydrogens is 270 g/mol. The third kappa shape index (κ3) is 1.86. The molecule has 4 heteroatoms. The van der Waals surface area contributed by atoms with Crippen LogP contribution < -0.4 is 0 Å².